The van der Waals surface area contributed by atoms with E-state index in [2.05, 4.69) is 15.7 Å². The van der Waals surface area contributed by atoms with E-state index in [1.807, 2.05) is 20.0 Å². The molecule has 0 aliphatic rings. The number of amides is 2. The molecular weight excluding hydrogens is 364 g/mol. The van der Waals surface area contributed by atoms with E-state index in [1.54, 1.807) is 41.1 Å². The first-order chi connectivity index (χ1) is 13.0. The van der Waals surface area contributed by atoms with Gasteiger partial charge in [-0.1, -0.05) is 0 Å². The van der Waals surface area contributed by atoms with Gasteiger partial charge in [0.2, 0.25) is 0 Å². The molecule has 0 saturated carbocycles. The molecule has 7 nitrogen and oxygen atoms in total. The summed E-state index contributed by atoms with van der Waals surface area (Å²) in [6.45, 7) is 1.92. The molecule has 4 aromatic rings. The molecule has 27 heavy (non-hydrogen) atoms. The fourth-order valence-electron chi connectivity index (χ4n) is 2.75. The van der Waals surface area contributed by atoms with Crippen molar-refractivity contribution in [1.29, 1.82) is 0 Å². The van der Waals surface area contributed by atoms with Crippen LogP contribution in [0.4, 0.5) is 11.4 Å². The maximum absolute atomic E-state index is 12.5. The Kier molecular flexibility index (Phi) is 4.25. The average Bonchev–Trinajstić information content (AvgIpc) is 3.37. The fourth-order valence-corrected chi connectivity index (χ4v) is 3.77. The molecule has 8 heteroatoms. The van der Waals surface area contributed by atoms with Gasteiger partial charge in [-0.15, -0.1) is 11.3 Å². The zero-order valence-corrected chi connectivity index (χ0v) is 15.5. The SMILES string of the molecule is Cc1nn(C)c2sc(C(=O)Nc3ccc(NC(=O)c4ccco4)cc3)cc12. The number of benzene rings is 1. The number of carbonyl (C=O) groups excluding carboxylic acids is 2. The van der Waals surface area contributed by atoms with Gasteiger partial charge in [0.05, 0.1) is 16.8 Å². The molecule has 0 bridgehead atoms. The Balaban J connectivity index is 1.45. The number of carbonyl (C=O) groups is 2. The lowest BCUT2D eigenvalue weighted by Gasteiger charge is -2.06. The van der Waals surface area contributed by atoms with Crippen LogP contribution in [0.5, 0.6) is 0 Å². The minimum absolute atomic E-state index is 0.178. The lowest BCUT2D eigenvalue weighted by atomic mass is 10.2. The number of nitrogens with one attached hydrogen (secondary N) is 2. The van der Waals surface area contributed by atoms with Crippen LogP contribution >= 0.6 is 11.3 Å². The van der Waals surface area contributed by atoms with Crippen LogP contribution in [0.1, 0.15) is 25.9 Å². The van der Waals surface area contributed by atoms with Gasteiger partial charge in [0.1, 0.15) is 4.83 Å². The lowest BCUT2D eigenvalue weighted by Crippen LogP contribution is -2.12. The third-order valence-electron chi connectivity index (χ3n) is 4.07. The van der Waals surface area contributed by atoms with Crippen molar-refractivity contribution in [2.24, 2.45) is 7.05 Å². The number of rotatable bonds is 4. The smallest absolute Gasteiger partial charge is 0.291 e. The van der Waals surface area contributed by atoms with Gasteiger partial charge < -0.3 is 15.1 Å². The van der Waals surface area contributed by atoms with E-state index in [1.165, 1.54) is 17.6 Å². The molecule has 0 atom stereocenters. The molecule has 4 rings (SSSR count). The van der Waals surface area contributed by atoms with E-state index in [0.29, 0.717) is 16.3 Å². The monoisotopic (exact) mass is 380 g/mol. The zero-order chi connectivity index (χ0) is 19.0. The van der Waals surface area contributed by atoms with Crippen molar-refractivity contribution in [2.75, 3.05) is 10.6 Å². The molecule has 0 spiro atoms. The Labute approximate surface area is 158 Å². The minimum Gasteiger partial charge on any atom is -0.459 e. The van der Waals surface area contributed by atoms with Crippen molar-refractivity contribution >= 4 is 44.7 Å². The van der Waals surface area contributed by atoms with Crippen molar-refractivity contribution in [3.8, 4) is 0 Å². The maximum Gasteiger partial charge on any atom is 0.291 e. The first-order valence-corrected chi connectivity index (χ1v) is 9.02. The van der Waals surface area contributed by atoms with Crippen LogP contribution in [-0.2, 0) is 7.05 Å². The average molecular weight is 380 g/mol. The van der Waals surface area contributed by atoms with Gasteiger partial charge >= 0.3 is 0 Å². The van der Waals surface area contributed by atoms with E-state index < -0.39 is 0 Å². The van der Waals surface area contributed by atoms with Gasteiger partial charge in [-0.05, 0) is 49.4 Å². The summed E-state index contributed by atoms with van der Waals surface area (Å²) in [5.74, 6) is -0.268. The topological polar surface area (TPSA) is 89.2 Å². The Morgan fingerprint density at radius 2 is 1.74 bits per heavy atom. The zero-order valence-electron chi connectivity index (χ0n) is 14.6. The second kappa shape index (κ2) is 6.73. The van der Waals surface area contributed by atoms with Gasteiger partial charge in [0.25, 0.3) is 11.8 Å². The quantitative estimate of drug-likeness (QED) is 0.559. The number of nitrogens with zero attached hydrogens (tertiary/aromatic N) is 2. The number of aromatic nitrogens is 2. The third kappa shape index (κ3) is 3.34. The molecule has 3 heterocycles. The van der Waals surface area contributed by atoms with E-state index in [-0.39, 0.29) is 17.6 Å². The maximum atomic E-state index is 12.5. The van der Waals surface area contributed by atoms with Crippen LogP contribution in [0.3, 0.4) is 0 Å². The second-order valence-corrected chi connectivity index (χ2v) is 7.03. The highest BCUT2D eigenvalue weighted by Gasteiger charge is 2.15. The summed E-state index contributed by atoms with van der Waals surface area (Å²) in [7, 11) is 1.86. The largest absolute Gasteiger partial charge is 0.459 e. The van der Waals surface area contributed by atoms with Gasteiger partial charge in [0, 0.05) is 23.8 Å². The molecule has 1 aromatic carbocycles. The van der Waals surface area contributed by atoms with Crippen molar-refractivity contribution in [1.82, 2.24) is 9.78 Å². The molecule has 2 amide bonds. The highest BCUT2D eigenvalue weighted by atomic mass is 32.1. The number of hydrogen-bond acceptors (Lipinski definition) is 5. The summed E-state index contributed by atoms with van der Waals surface area (Å²) in [5.41, 5.74) is 2.15. The standard InChI is InChI=1S/C19H16N4O3S/c1-11-14-10-16(27-19(14)23(2)22-11)18(25)21-13-7-5-12(6-8-13)20-17(24)15-4-3-9-26-15/h3-10H,1-2H3,(H,20,24)(H,21,25). The van der Waals surface area contributed by atoms with Crippen LogP contribution < -0.4 is 10.6 Å². The molecule has 136 valence electrons. The molecule has 0 unspecified atom stereocenters. The van der Waals surface area contributed by atoms with Crippen molar-refractivity contribution in [3.05, 3.63) is 65.1 Å². The summed E-state index contributed by atoms with van der Waals surface area (Å²) in [6, 6.07) is 12.0. The van der Waals surface area contributed by atoms with Crippen LogP contribution in [0.15, 0.2) is 53.1 Å². The van der Waals surface area contributed by atoms with Gasteiger partial charge in [-0.3, -0.25) is 14.3 Å². The fraction of sp³-hybridized carbons (Fsp3) is 0.105. The van der Waals surface area contributed by atoms with Gasteiger partial charge in [-0.2, -0.15) is 5.10 Å². The van der Waals surface area contributed by atoms with Gasteiger partial charge in [0.15, 0.2) is 5.76 Å². The highest BCUT2D eigenvalue weighted by molar-refractivity contribution is 7.20. The third-order valence-corrected chi connectivity index (χ3v) is 5.27. The van der Waals surface area contributed by atoms with Crippen molar-refractivity contribution in [3.63, 3.8) is 0 Å². The predicted molar refractivity (Wildman–Crippen MR) is 104 cm³/mol. The first-order valence-electron chi connectivity index (χ1n) is 8.20. The van der Waals surface area contributed by atoms with Crippen LogP contribution in [0, 0.1) is 6.92 Å². The molecule has 3 aromatic heterocycles. The number of thiophene rings is 1. The highest BCUT2D eigenvalue weighted by Crippen LogP contribution is 2.28. The second-order valence-electron chi connectivity index (χ2n) is 6.00. The predicted octanol–water partition coefficient (Wildman–Crippen LogP) is 4.04. The Morgan fingerprint density at radius 1 is 1.07 bits per heavy atom. The van der Waals surface area contributed by atoms with Crippen molar-refractivity contribution < 1.29 is 14.0 Å². The summed E-state index contributed by atoms with van der Waals surface area (Å²) >= 11 is 1.40. The molecule has 2 N–H and O–H groups in total. The van der Waals surface area contributed by atoms with Gasteiger partial charge in [-0.25, -0.2) is 0 Å². The van der Waals surface area contributed by atoms with E-state index in [9.17, 15) is 9.59 Å². The summed E-state index contributed by atoms with van der Waals surface area (Å²) in [5, 5.41) is 10.9. The Morgan fingerprint density at radius 3 is 2.33 bits per heavy atom. The van der Waals surface area contributed by atoms with Crippen molar-refractivity contribution in [2.45, 2.75) is 6.92 Å². The number of hydrogen-bond donors (Lipinski definition) is 2. The molecule has 0 saturated heterocycles. The van der Waals surface area contributed by atoms with E-state index in [0.717, 1.165) is 15.9 Å². The van der Waals surface area contributed by atoms with Crippen LogP contribution in [-0.4, -0.2) is 21.6 Å². The summed E-state index contributed by atoms with van der Waals surface area (Å²) in [4.78, 5) is 26.1. The number of fused-ring (bicyclic) bond motifs is 1. The molecule has 0 aliphatic heterocycles. The van der Waals surface area contributed by atoms with Crippen LogP contribution in [0.2, 0.25) is 0 Å². The number of aryl methyl sites for hydroxylation is 2. The molecular formula is C19H16N4O3S. The van der Waals surface area contributed by atoms with E-state index in [4.69, 9.17) is 4.42 Å². The normalized spacial score (nSPS) is 10.9. The number of furan rings is 1. The molecule has 0 aliphatic carbocycles. The van der Waals surface area contributed by atoms with Crippen LogP contribution in [0.25, 0.3) is 10.2 Å². The molecule has 0 radical (unpaired) electrons. The first kappa shape index (κ1) is 17.0. The number of anilines is 2. The summed E-state index contributed by atoms with van der Waals surface area (Å²) < 4.78 is 6.83. The summed E-state index contributed by atoms with van der Waals surface area (Å²) in [6.07, 6.45) is 1.44. The minimum atomic E-state index is -0.328. The Bertz CT molecular complexity index is 1090. The van der Waals surface area contributed by atoms with E-state index >= 15 is 0 Å². The Hall–Kier alpha value is -3.39. The molecule has 0 fully saturated rings. The lowest BCUT2D eigenvalue weighted by molar-refractivity contribution is 0.0994.